The molecule has 7 heteroatoms. The highest BCUT2D eigenvalue weighted by molar-refractivity contribution is 7.89. The Morgan fingerprint density at radius 1 is 1.50 bits per heavy atom. The average molecular weight is 323 g/mol. The van der Waals surface area contributed by atoms with Crippen LogP contribution in [-0.4, -0.2) is 34.7 Å². The monoisotopic (exact) mass is 323 g/mol. The van der Waals surface area contributed by atoms with Gasteiger partial charge >= 0.3 is 0 Å². The van der Waals surface area contributed by atoms with Crippen LogP contribution in [0, 0.1) is 17.2 Å². The van der Waals surface area contributed by atoms with Crippen LogP contribution in [-0.2, 0) is 10.0 Å². The van der Waals surface area contributed by atoms with Gasteiger partial charge in [-0.25, -0.2) is 13.1 Å². The first-order valence-electron chi connectivity index (χ1n) is 7.29. The Labute approximate surface area is 131 Å². The van der Waals surface area contributed by atoms with Gasteiger partial charge in [0, 0.05) is 6.04 Å². The van der Waals surface area contributed by atoms with E-state index in [1.54, 1.807) is 0 Å². The number of nitrogens with one attached hydrogen (secondary N) is 2. The number of sulfonamides is 1. The number of ether oxygens (including phenoxy) is 1. The van der Waals surface area contributed by atoms with Crippen LogP contribution in [0.1, 0.15) is 25.3 Å². The molecule has 0 amide bonds. The quantitative estimate of drug-likeness (QED) is 0.850. The lowest BCUT2D eigenvalue weighted by Gasteiger charge is -2.28. The third-order valence-electron chi connectivity index (χ3n) is 3.97. The predicted molar refractivity (Wildman–Crippen MR) is 83.1 cm³/mol. The van der Waals surface area contributed by atoms with E-state index in [1.807, 2.05) is 13.0 Å². The second-order valence-corrected chi connectivity index (χ2v) is 7.18. The van der Waals surface area contributed by atoms with Crippen molar-refractivity contribution in [1.29, 1.82) is 5.26 Å². The van der Waals surface area contributed by atoms with Gasteiger partial charge in [0.2, 0.25) is 10.0 Å². The van der Waals surface area contributed by atoms with Crippen LogP contribution in [0.4, 0.5) is 0 Å². The minimum Gasteiger partial charge on any atom is -0.495 e. The van der Waals surface area contributed by atoms with Crippen molar-refractivity contribution in [2.45, 2.75) is 30.7 Å². The summed E-state index contributed by atoms with van der Waals surface area (Å²) in [5, 5.41) is 12.2. The number of rotatable bonds is 5. The molecule has 1 saturated heterocycles. The topological polar surface area (TPSA) is 91.2 Å². The van der Waals surface area contributed by atoms with Gasteiger partial charge in [-0.3, -0.25) is 0 Å². The van der Waals surface area contributed by atoms with Crippen LogP contribution >= 0.6 is 0 Å². The molecule has 2 rings (SSSR count). The SMILES string of the molecule is COc1cc(C#N)ccc1S(=O)(=O)NC(C)C1CCCNC1. The van der Waals surface area contributed by atoms with Gasteiger partial charge in [-0.05, 0) is 57.0 Å². The fourth-order valence-corrected chi connectivity index (χ4v) is 4.13. The fraction of sp³-hybridized carbons (Fsp3) is 0.533. The zero-order valence-electron chi connectivity index (χ0n) is 12.8. The Kier molecular flexibility index (Phi) is 5.40. The smallest absolute Gasteiger partial charge is 0.244 e. The molecule has 0 bridgehead atoms. The lowest BCUT2D eigenvalue weighted by Crippen LogP contribution is -2.44. The molecular formula is C15H21N3O3S. The maximum Gasteiger partial charge on any atom is 0.244 e. The Bertz CT molecular complexity index is 661. The van der Waals surface area contributed by atoms with Crippen molar-refractivity contribution in [3.8, 4) is 11.8 Å². The number of hydrogen-bond donors (Lipinski definition) is 2. The van der Waals surface area contributed by atoms with Crippen molar-refractivity contribution in [1.82, 2.24) is 10.0 Å². The lowest BCUT2D eigenvalue weighted by atomic mass is 9.94. The second kappa shape index (κ2) is 7.09. The van der Waals surface area contributed by atoms with Crippen molar-refractivity contribution >= 4 is 10.0 Å². The molecule has 1 aliphatic rings. The van der Waals surface area contributed by atoms with Gasteiger partial charge in [-0.2, -0.15) is 5.26 Å². The summed E-state index contributed by atoms with van der Waals surface area (Å²) in [6, 6.07) is 6.12. The number of hydrogen-bond acceptors (Lipinski definition) is 5. The molecule has 6 nitrogen and oxygen atoms in total. The van der Waals surface area contributed by atoms with Crippen molar-refractivity contribution in [2.24, 2.45) is 5.92 Å². The van der Waals surface area contributed by atoms with Crippen LogP contribution < -0.4 is 14.8 Å². The van der Waals surface area contributed by atoms with E-state index in [0.717, 1.165) is 25.9 Å². The summed E-state index contributed by atoms with van der Waals surface area (Å²) in [6.07, 6.45) is 2.05. The summed E-state index contributed by atoms with van der Waals surface area (Å²) < 4.78 is 33.0. The van der Waals surface area contributed by atoms with Crippen molar-refractivity contribution in [3.05, 3.63) is 23.8 Å². The molecule has 0 radical (unpaired) electrons. The van der Waals surface area contributed by atoms with Crippen LogP contribution in [0.2, 0.25) is 0 Å². The largest absolute Gasteiger partial charge is 0.495 e. The average Bonchev–Trinajstić information content (AvgIpc) is 2.54. The molecule has 1 heterocycles. The minimum atomic E-state index is -3.69. The molecule has 0 aromatic heterocycles. The highest BCUT2D eigenvalue weighted by Crippen LogP contribution is 2.26. The van der Waals surface area contributed by atoms with Crippen LogP contribution in [0.15, 0.2) is 23.1 Å². The van der Waals surface area contributed by atoms with E-state index in [4.69, 9.17) is 10.00 Å². The summed E-state index contributed by atoms with van der Waals surface area (Å²) in [4.78, 5) is 0.0598. The van der Waals surface area contributed by atoms with Gasteiger partial charge in [0.05, 0.1) is 18.7 Å². The van der Waals surface area contributed by atoms with Crippen molar-refractivity contribution in [2.75, 3.05) is 20.2 Å². The highest BCUT2D eigenvalue weighted by Gasteiger charge is 2.27. The lowest BCUT2D eigenvalue weighted by molar-refractivity contribution is 0.320. The summed E-state index contributed by atoms with van der Waals surface area (Å²) in [6.45, 7) is 3.68. The normalized spacial score (nSPS) is 20.1. The summed E-state index contributed by atoms with van der Waals surface area (Å²) in [5.41, 5.74) is 0.361. The molecule has 0 spiro atoms. The van der Waals surface area contributed by atoms with Crippen molar-refractivity contribution in [3.63, 3.8) is 0 Å². The molecule has 0 saturated carbocycles. The summed E-state index contributed by atoms with van der Waals surface area (Å²) >= 11 is 0. The maximum atomic E-state index is 12.6. The fourth-order valence-electron chi connectivity index (χ4n) is 2.67. The Morgan fingerprint density at radius 3 is 2.86 bits per heavy atom. The molecule has 22 heavy (non-hydrogen) atoms. The number of nitrogens with zero attached hydrogens (tertiary/aromatic N) is 1. The Hall–Kier alpha value is -1.62. The van der Waals surface area contributed by atoms with Crippen molar-refractivity contribution < 1.29 is 13.2 Å². The van der Waals surface area contributed by atoms with Gasteiger partial charge in [0.15, 0.2) is 0 Å². The molecular weight excluding hydrogens is 302 g/mol. The highest BCUT2D eigenvalue weighted by atomic mass is 32.2. The summed E-state index contributed by atoms with van der Waals surface area (Å²) in [7, 11) is -2.30. The van der Waals surface area contributed by atoms with Crippen LogP contribution in [0.25, 0.3) is 0 Å². The van der Waals surface area contributed by atoms with Gasteiger partial charge in [0.1, 0.15) is 10.6 Å². The van der Waals surface area contributed by atoms with E-state index < -0.39 is 10.0 Å². The number of nitriles is 1. The molecule has 1 fully saturated rings. The van der Waals surface area contributed by atoms with E-state index in [9.17, 15) is 8.42 Å². The predicted octanol–water partition coefficient (Wildman–Crippen LogP) is 1.23. The van der Waals surface area contributed by atoms with E-state index >= 15 is 0 Å². The molecule has 1 aliphatic heterocycles. The van der Waals surface area contributed by atoms with Gasteiger partial charge in [-0.15, -0.1) is 0 Å². The third kappa shape index (κ3) is 3.77. The van der Waals surface area contributed by atoms with Crippen LogP contribution in [0.3, 0.4) is 0 Å². The molecule has 2 atom stereocenters. The van der Waals surface area contributed by atoms with Gasteiger partial charge < -0.3 is 10.1 Å². The molecule has 2 unspecified atom stereocenters. The molecule has 0 aliphatic carbocycles. The summed E-state index contributed by atoms with van der Waals surface area (Å²) in [5.74, 6) is 0.452. The minimum absolute atomic E-state index is 0.0598. The third-order valence-corrected chi connectivity index (χ3v) is 5.56. The molecule has 1 aromatic carbocycles. The molecule has 2 N–H and O–H groups in total. The first kappa shape index (κ1) is 16.7. The Morgan fingerprint density at radius 2 is 2.27 bits per heavy atom. The number of piperidine rings is 1. The zero-order valence-corrected chi connectivity index (χ0v) is 13.6. The van der Waals surface area contributed by atoms with Crippen LogP contribution in [0.5, 0.6) is 5.75 Å². The Balaban J connectivity index is 2.21. The van der Waals surface area contributed by atoms with E-state index in [0.29, 0.717) is 5.56 Å². The second-order valence-electron chi connectivity index (χ2n) is 5.49. The zero-order chi connectivity index (χ0) is 16.2. The van der Waals surface area contributed by atoms with Gasteiger partial charge in [-0.1, -0.05) is 0 Å². The van der Waals surface area contributed by atoms with E-state index in [-0.39, 0.29) is 22.6 Å². The van der Waals surface area contributed by atoms with E-state index in [2.05, 4.69) is 10.0 Å². The number of benzene rings is 1. The van der Waals surface area contributed by atoms with Gasteiger partial charge in [0.25, 0.3) is 0 Å². The van der Waals surface area contributed by atoms with E-state index in [1.165, 1.54) is 25.3 Å². The maximum absolute atomic E-state index is 12.6. The molecule has 1 aromatic rings. The molecule has 120 valence electrons. The standard InChI is InChI=1S/C15H21N3O3S/c1-11(13-4-3-7-17-10-13)18-22(19,20)15-6-5-12(9-16)8-14(15)21-2/h5-6,8,11,13,17-18H,3-4,7,10H2,1-2H3. The number of methoxy groups -OCH3 is 1. The first-order valence-corrected chi connectivity index (χ1v) is 8.77. The first-order chi connectivity index (χ1) is 10.5.